The molecule has 1 heterocycles. The molecule has 21 heavy (non-hydrogen) atoms. The van der Waals surface area contributed by atoms with Crippen molar-refractivity contribution in [1.29, 1.82) is 0 Å². The number of morpholine rings is 1. The van der Waals surface area contributed by atoms with Gasteiger partial charge < -0.3 is 14.7 Å². The standard InChI is InChI=1S/C14H17NO5S/c1-2-21(19)12-6-4-3-5-10(12)13(16)15-7-8-20-11(9-15)14(17)18/h3-6,11H,2,7-9H2,1H3,(H,17,18). The minimum Gasteiger partial charge on any atom is -0.479 e. The number of nitrogens with zero attached hydrogens (tertiary/aromatic N) is 1. The van der Waals surface area contributed by atoms with Gasteiger partial charge in [-0.2, -0.15) is 0 Å². The van der Waals surface area contributed by atoms with Crippen molar-refractivity contribution in [2.45, 2.75) is 17.9 Å². The molecule has 1 aliphatic heterocycles. The molecule has 1 fully saturated rings. The van der Waals surface area contributed by atoms with Gasteiger partial charge in [-0.05, 0) is 12.1 Å². The Morgan fingerprint density at radius 1 is 1.43 bits per heavy atom. The lowest BCUT2D eigenvalue weighted by molar-refractivity contribution is -0.154. The van der Waals surface area contributed by atoms with E-state index in [1.165, 1.54) is 4.90 Å². The van der Waals surface area contributed by atoms with Crippen LogP contribution in [0.2, 0.25) is 0 Å². The maximum Gasteiger partial charge on any atom is 0.334 e. The first-order chi connectivity index (χ1) is 10.0. The van der Waals surface area contributed by atoms with Crippen LogP contribution in [0.1, 0.15) is 17.3 Å². The van der Waals surface area contributed by atoms with Gasteiger partial charge in [-0.15, -0.1) is 0 Å². The summed E-state index contributed by atoms with van der Waals surface area (Å²) in [7, 11) is -1.24. The van der Waals surface area contributed by atoms with Crippen LogP contribution < -0.4 is 0 Å². The highest BCUT2D eigenvalue weighted by atomic mass is 32.2. The van der Waals surface area contributed by atoms with Crippen LogP contribution in [0.3, 0.4) is 0 Å². The predicted octanol–water partition coefficient (Wildman–Crippen LogP) is 0.740. The number of rotatable bonds is 4. The predicted molar refractivity (Wildman–Crippen MR) is 76.7 cm³/mol. The van der Waals surface area contributed by atoms with Gasteiger partial charge in [0.25, 0.3) is 5.91 Å². The first kappa shape index (κ1) is 15.7. The van der Waals surface area contributed by atoms with Crippen molar-refractivity contribution in [1.82, 2.24) is 4.90 Å². The Kier molecular flexibility index (Phi) is 5.08. The van der Waals surface area contributed by atoms with Crippen LogP contribution in [-0.2, 0) is 20.3 Å². The van der Waals surface area contributed by atoms with Crippen molar-refractivity contribution in [3.05, 3.63) is 29.8 Å². The van der Waals surface area contributed by atoms with Crippen LogP contribution in [0.5, 0.6) is 0 Å². The summed E-state index contributed by atoms with van der Waals surface area (Å²) in [6.45, 7) is 2.30. The zero-order valence-electron chi connectivity index (χ0n) is 11.7. The van der Waals surface area contributed by atoms with Crippen molar-refractivity contribution in [3.63, 3.8) is 0 Å². The molecule has 114 valence electrons. The van der Waals surface area contributed by atoms with E-state index in [4.69, 9.17) is 9.84 Å². The molecule has 1 aliphatic rings. The molecule has 1 N–H and O–H groups in total. The second-order valence-electron chi connectivity index (χ2n) is 4.58. The molecule has 0 spiro atoms. The SMILES string of the molecule is CCS(=O)c1ccccc1C(=O)N1CCOC(C(=O)O)C1. The maximum absolute atomic E-state index is 12.6. The van der Waals surface area contributed by atoms with E-state index in [1.54, 1.807) is 31.2 Å². The number of benzene rings is 1. The third kappa shape index (κ3) is 3.48. The van der Waals surface area contributed by atoms with E-state index in [9.17, 15) is 13.8 Å². The summed E-state index contributed by atoms with van der Waals surface area (Å²) in [5.74, 6) is -0.967. The van der Waals surface area contributed by atoms with E-state index in [0.717, 1.165) is 0 Å². The fourth-order valence-electron chi connectivity index (χ4n) is 2.15. The van der Waals surface area contributed by atoms with Gasteiger partial charge in [0.15, 0.2) is 6.10 Å². The first-order valence-corrected chi connectivity index (χ1v) is 7.97. The third-order valence-corrected chi connectivity index (χ3v) is 4.62. The highest BCUT2D eigenvalue weighted by molar-refractivity contribution is 7.85. The summed E-state index contributed by atoms with van der Waals surface area (Å²) in [4.78, 5) is 25.4. The van der Waals surface area contributed by atoms with Gasteiger partial charge in [0.1, 0.15) is 0 Å². The molecule has 2 unspecified atom stereocenters. The summed E-state index contributed by atoms with van der Waals surface area (Å²) in [5.41, 5.74) is 0.365. The molecule has 0 bridgehead atoms. The van der Waals surface area contributed by atoms with Gasteiger partial charge in [0.2, 0.25) is 0 Å². The number of carbonyl (C=O) groups excluding carboxylic acids is 1. The van der Waals surface area contributed by atoms with Gasteiger partial charge in [0, 0.05) is 12.3 Å². The fourth-order valence-corrected chi connectivity index (χ4v) is 3.09. The maximum atomic E-state index is 12.6. The molecular weight excluding hydrogens is 294 g/mol. The Morgan fingerprint density at radius 2 is 2.14 bits per heavy atom. The summed E-state index contributed by atoms with van der Waals surface area (Å²) < 4.78 is 17.1. The van der Waals surface area contributed by atoms with E-state index in [0.29, 0.717) is 22.8 Å². The van der Waals surface area contributed by atoms with Gasteiger partial charge in [0.05, 0.1) is 34.4 Å². The largest absolute Gasteiger partial charge is 0.479 e. The quantitative estimate of drug-likeness (QED) is 0.886. The van der Waals surface area contributed by atoms with E-state index < -0.39 is 22.9 Å². The van der Waals surface area contributed by atoms with E-state index in [2.05, 4.69) is 0 Å². The van der Waals surface area contributed by atoms with Crippen molar-refractivity contribution >= 4 is 22.7 Å². The van der Waals surface area contributed by atoms with Crippen LogP contribution in [-0.4, -0.2) is 57.6 Å². The molecule has 6 nitrogen and oxygen atoms in total. The molecular formula is C14H17NO5S. The summed E-state index contributed by atoms with van der Waals surface area (Å²) in [6, 6.07) is 6.73. The fraction of sp³-hybridized carbons (Fsp3) is 0.429. The van der Waals surface area contributed by atoms with Gasteiger partial charge in [-0.1, -0.05) is 19.1 Å². The lowest BCUT2D eigenvalue weighted by Crippen LogP contribution is -2.48. The number of carboxylic acid groups (broad SMARTS) is 1. The van der Waals surface area contributed by atoms with E-state index in [1.807, 2.05) is 0 Å². The molecule has 1 amide bonds. The molecule has 0 aromatic heterocycles. The van der Waals surface area contributed by atoms with Crippen molar-refractivity contribution in [2.24, 2.45) is 0 Å². The zero-order valence-corrected chi connectivity index (χ0v) is 12.5. The minimum atomic E-state index is -1.24. The van der Waals surface area contributed by atoms with Crippen LogP contribution >= 0.6 is 0 Å². The number of carboxylic acids is 1. The average molecular weight is 311 g/mol. The van der Waals surface area contributed by atoms with Crippen LogP contribution in [0.4, 0.5) is 0 Å². The summed E-state index contributed by atoms with van der Waals surface area (Å²) in [5, 5.41) is 8.98. The lowest BCUT2D eigenvalue weighted by atomic mass is 10.1. The lowest BCUT2D eigenvalue weighted by Gasteiger charge is -2.31. The second-order valence-corrected chi connectivity index (χ2v) is 6.29. The molecule has 1 aromatic rings. The Bertz CT molecular complexity index is 574. The van der Waals surface area contributed by atoms with Crippen LogP contribution in [0, 0.1) is 0 Å². The normalized spacial score (nSPS) is 20.0. The highest BCUT2D eigenvalue weighted by Crippen LogP contribution is 2.18. The van der Waals surface area contributed by atoms with Crippen molar-refractivity contribution in [2.75, 3.05) is 25.4 Å². The molecule has 7 heteroatoms. The van der Waals surface area contributed by atoms with Crippen LogP contribution in [0.25, 0.3) is 0 Å². The Morgan fingerprint density at radius 3 is 2.81 bits per heavy atom. The average Bonchev–Trinajstić information content (AvgIpc) is 2.53. The molecule has 0 saturated carbocycles. The second kappa shape index (κ2) is 6.82. The summed E-state index contributed by atoms with van der Waals surface area (Å²) >= 11 is 0. The third-order valence-electron chi connectivity index (χ3n) is 3.25. The van der Waals surface area contributed by atoms with E-state index >= 15 is 0 Å². The smallest absolute Gasteiger partial charge is 0.334 e. The zero-order chi connectivity index (χ0) is 15.4. The van der Waals surface area contributed by atoms with Crippen molar-refractivity contribution in [3.8, 4) is 0 Å². The molecule has 0 radical (unpaired) electrons. The van der Waals surface area contributed by atoms with Crippen molar-refractivity contribution < 1.29 is 23.6 Å². The molecule has 2 atom stereocenters. The van der Waals surface area contributed by atoms with Crippen LogP contribution in [0.15, 0.2) is 29.2 Å². The minimum absolute atomic E-state index is 0.00125. The molecule has 1 aromatic carbocycles. The number of ether oxygens (including phenoxy) is 1. The molecule has 2 rings (SSSR count). The number of hydrogen-bond donors (Lipinski definition) is 1. The van der Waals surface area contributed by atoms with Gasteiger partial charge in [-0.3, -0.25) is 9.00 Å². The Balaban J connectivity index is 2.24. The monoisotopic (exact) mass is 311 g/mol. The summed E-state index contributed by atoms with van der Waals surface area (Å²) in [6.07, 6.45) is -1.01. The highest BCUT2D eigenvalue weighted by Gasteiger charge is 2.30. The number of aliphatic carboxylic acids is 1. The first-order valence-electron chi connectivity index (χ1n) is 6.65. The number of amides is 1. The Hall–Kier alpha value is -1.73. The topological polar surface area (TPSA) is 83.9 Å². The number of hydrogen-bond acceptors (Lipinski definition) is 4. The Labute approximate surface area is 125 Å². The van der Waals surface area contributed by atoms with Gasteiger partial charge in [-0.25, -0.2) is 4.79 Å². The molecule has 0 aliphatic carbocycles. The number of carbonyl (C=O) groups is 2. The molecule has 1 saturated heterocycles. The van der Waals surface area contributed by atoms with E-state index in [-0.39, 0.29) is 19.1 Å². The van der Waals surface area contributed by atoms with Gasteiger partial charge >= 0.3 is 5.97 Å².